The number of nitrogens with zero attached hydrogens (tertiary/aromatic N) is 1. The minimum Gasteiger partial charge on any atom is -0.497 e. The molecular weight excluding hydrogens is 298 g/mol. The third kappa shape index (κ3) is 4.72. The van der Waals surface area contributed by atoms with Gasteiger partial charge in [-0.15, -0.1) is 0 Å². The Labute approximate surface area is 133 Å². The number of thiocyanates is 1. The monoisotopic (exact) mass is 313 g/mol. The van der Waals surface area contributed by atoms with Gasteiger partial charge in [0.05, 0.1) is 7.11 Å². The van der Waals surface area contributed by atoms with Crippen LogP contribution < -0.4 is 15.4 Å². The zero-order valence-corrected chi connectivity index (χ0v) is 12.8. The van der Waals surface area contributed by atoms with Crippen LogP contribution in [0.1, 0.15) is 5.56 Å². The molecule has 0 atom stereocenters. The van der Waals surface area contributed by atoms with Crippen LogP contribution in [0.25, 0.3) is 0 Å². The van der Waals surface area contributed by atoms with E-state index in [4.69, 9.17) is 10.00 Å². The van der Waals surface area contributed by atoms with Crippen LogP contribution in [0, 0.1) is 10.7 Å². The van der Waals surface area contributed by atoms with Crippen LogP contribution in [-0.4, -0.2) is 13.1 Å². The molecule has 0 heterocycles. The molecule has 0 aliphatic rings. The van der Waals surface area contributed by atoms with Crippen LogP contribution >= 0.6 is 11.8 Å². The van der Waals surface area contributed by atoms with Crippen molar-refractivity contribution in [3.05, 3.63) is 54.1 Å². The maximum Gasteiger partial charge on any atom is 0.319 e. The number of benzene rings is 2. The van der Waals surface area contributed by atoms with Crippen molar-refractivity contribution in [3.63, 3.8) is 0 Å². The van der Waals surface area contributed by atoms with Crippen molar-refractivity contribution in [1.29, 1.82) is 5.26 Å². The van der Waals surface area contributed by atoms with E-state index in [9.17, 15) is 4.79 Å². The van der Waals surface area contributed by atoms with Gasteiger partial charge in [-0.3, -0.25) is 0 Å². The summed E-state index contributed by atoms with van der Waals surface area (Å²) in [5.41, 5.74) is 1.63. The van der Waals surface area contributed by atoms with Gasteiger partial charge in [0.2, 0.25) is 0 Å². The molecule has 2 rings (SSSR count). The summed E-state index contributed by atoms with van der Waals surface area (Å²) < 4.78 is 5.14. The first-order chi connectivity index (χ1) is 10.7. The number of rotatable bonds is 5. The second-order valence-corrected chi connectivity index (χ2v) is 5.24. The summed E-state index contributed by atoms with van der Waals surface area (Å²) in [6.07, 6.45) is 0. The summed E-state index contributed by atoms with van der Waals surface area (Å²) in [6, 6.07) is 14.3. The SMILES string of the molecule is COc1cccc(CNC(=O)Nc2ccc(SC#N)cc2)c1. The quantitative estimate of drug-likeness (QED) is 0.653. The van der Waals surface area contributed by atoms with Crippen molar-refractivity contribution in [1.82, 2.24) is 5.32 Å². The van der Waals surface area contributed by atoms with Gasteiger partial charge in [-0.2, -0.15) is 5.26 Å². The van der Waals surface area contributed by atoms with Crippen LogP contribution in [-0.2, 0) is 6.54 Å². The highest BCUT2D eigenvalue weighted by Gasteiger charge is 2.03. The molecule has 0 fully saturated rings. The summed E-state index contributed by atoms with van der Waals surface area (Å²) in [5, 5.41) is 16.1. The molecule has 0 radical (unpaired) electrons. The fourth-order valence-corrected chi connectivity index (χ4v) is 2.18. The maximum atomic E-state index is 11.8. The molecule has 0 bridgehead atoms. The Morgan fingerprint density at radius 3 is 2.73 bits per heavy atom. The normalized spacial score (nSPS) is 9.64. The molecule has 5 nitrogen and oxygen atoms in total. The number of carbonyl (C=O) groups excluding carboxylic acids is 1. The molecular formula is C16H15N3O2S. The van der Waals surface area contributed by atoms with Crippen molar-refractivity contribution in [3.8, 4) is 11.2 Å². The molecule has 6 heteroatoms. The topological polar surface area (TPSA) is 74.2 Å². The van der Waals surface area contributed by atoms with Gasteiger partial charge < -0.3 is 15.4 Å². The molecule has 0 saturated carbocycles. The number of hydrogen-bond donors (Lipinski definition) is 2. The number of methoxy groups -OCH3 is 1. The lowest BCUT2D eigenvalue weighted by Gasteiger charge is -2.09. The highest BCUT2D eigenvalue weighted by Crippen LogP contribution is 2.19. The summed E-state index contributed by atoms with van der Waals surface area (Å²) in [7, 11) is 1.60. The molecule has 2 aromatic carbocycles. The van der Waals surface area contributed by atoms with E-state index in [1.54, 1.807) is 31.4 Å². The highest BCUT2D eigenvalue weighted by molar-refractivity contribution is 8.03. The predicted molar refractivity (Wildman–Crippen MR) is 86.8 cm³/mol. The molecule has 0 aromatic heterocycles. The zero-order valence-electron chi connectivity index (χ0n) is 12.0. The molecule has 0 spiro atoms. The van der Waals surface area contributed by atoms with Gasteiger partial charge >= 0.3 is 6.03 Å². The molecule has 0 saturated heterocycles. The fourth-order valence-electron chi connectivity index (χ4n) is 1.80. The van der Waals surface area contributed by atoms with Gasteiger partial charge in [0, 0.05) is 17.1 Å². The predicted octanol–water partition coefficient (Wildman–Crippen LogP) is 3.59. The van der Waals surface area contributed by atoms with E-state index >= 15 is 0 Å². The van der Waals surface area contributed by atoms with E-state index in [0.29, 0.717) is 12.2 Å². The van der Waals surface area contributed by atoms with E-state index in [2.05, 4.69) is 10.6 Å². The van der Waals surface area contributed by atoms with E-state index in [1.807, 2.05) is 29.7 Å². The van der Waals surface area contributed by atoms with E-state index < -0.39 is 0 Å². The van der Waals surface area contributed by atoms with E-state index in [0.717, 1.165) is 28.0 Å². The molecule has 2 N–H and O–H groups in total. The summed E-state index contributed by atoms with van der Waals surface area (Å²) in [5.74, 6) is 0.755. The number of carbonyl (C=O) groups is 1. The maximum absolute atomic E-state index is 11.8. The third-order valence-electron chi connectivity index (χ3n) is 2.86. The first-order valence-electron chi connectivity index (χ1n) is 6.55. The lowest BCUT2D eigenvalue weighted by atomic mass is 10.2. The van der Waals surface area contributed by atoms with Gasteiger partial charge in [0.15, 0.2) is 0 Å². The standard InChI is InChI=1S/C16H15N3O2S/c1-21-14-4-2-3-12(9-14)10-18-16(20)19-13-5-7-15(8-6-13)22-11-17/h2-9H,10H2,1H3,(H2,18,19,20). The third-order valence-corrected chi connectivity index (χ3v) is 3.46. The van der Waals surface area contributed by atoms with Crippen molar-refractivity contribution >= 4 is 23.5 Å². The molecule has 112 valence electrons. The Bertz CT molecular complexity index is 681. The van der Waals surface area contributed by atoms with Gasteiger partial charge in [-0.25, -0.2) is 4.79 Å². The number of nitriles is 1. The van der Waals surface area contributed by atoms with Crippen molar-refractivity contribution < 1.29 is 9.53 Å². The Hall–Kier alpha value is -2.65. The minimum atomic E-state index is -0.288. The molecule has 0 aliphatic carbocycles. The zero-order chi connectivity index (χ0) is 15.8. The minimum absolute atomic E-state index is 0.288. The lowest BCUT2D eigenvalue weighted by Crippen LogP contribution is -2.28. The molecule has 2 aromatic rings. The van der Waals surface area contributed by atoms with E-state index in [1.165, 1.54) is 0 Å². The number of amides is 2. The second-order valence-electron chi connectivity index (χ2n) is 4.38. The van der Waals surface area contributed by atoms with Crippen LogP contribution in [0.2, 0.25) is 0 Å². The number of nitrogens with one attached hydrogen (secondary N) is 2. The molecule has 0 aliphatic heterocycles. The molecule has 2 amide bonds. The van der Waals surface area contributed by atoms with Crippen LogP contribution in [0.15, 0.2) is 53.4 Å². The summed E-state index contributed by atoms with van der Waals surface area (Å²) >= 11 is 1.08. The lowest BCUT2D eigenvalue weighted by molar-refractivity contribution is 0.251. The summed E-state index contributed by atoms with van der Waals surface area (Å²) in [4.78, 5) is 12.7. The average molecular weight is 313 g/mol. The highest BCUT2D eigenvalue weighted by atomic mass is 32.2. The molecule has 22 heavy (non-hydrogen) atoms. The Kier molecular flexibility index (Phi) is 5.69. The average Bonchev–Trinajstić information content (AvgIpc) is 2.55. The fraction of sp³-hybridized carbons (Fsp3) is 0.125. The summed E-state index contributed by atoms with van der Waals surface area (Å²) in [6.45, 7) is 0.408. The Morgan fingerprint density at radius 1 is 1.27 bits per heavy atom. The largest absolute Gasteiger partial charge is 0.497 e. The second kappa shape index (κ2) is 7.96. The van der Waals surface area contributed by atoms with Gasteiger partial charge in [-0.05, 0) is 53.7 Å². The van der Waals surface area contributed by atoms with Gasteiger partial charge in [0.25, 0.3) is 0 Å². The number of thioether (sulfide) groups is 1. The number of urea groups is 1. The molecule has 0 unspecified atom stereocenters. The Balaban J connectivity index is 1.86. The number of hydrogen-bond acceptors (Lipinski definition) is 4. The van der Waals surface area contributed by atoms with E-state index in [-0.39, 0.29) is 6.03 Å². The van der Waals surface area contributed by atoms with Gasteiger partial charge in [0.1, 0.15) is 11.2 Å². The van der Waals surface area contributed by atoms with Crippen LogP contribution in [0.3, 0.4) is 0 Å². The van der Waals surface area contributed by atoms with Crippen molar-refractivity contribution in [2.45, 2.75) is 11.4 Å². The van der Waals surface area contributed by atoms with Crippen LogP contribution in [0.4, 0.5) is 10.5 Å². The first-order valence-corrected chi connectivity index (χ1v) is 7.36. The van der Waals surface area contributed by atoms with Crippen molar-refractivity contribution in [2.24, 2.45) is 0 Å². The Morgan fingerprint density at radius 2 is 2.05 bits per heavy atom. The number of ether oxygens (including phenoxy) is 1. The number of anilines is 1. The van der Waals surface area contributed by atoms with Crippen LogP contribution in [0.5, 0.6) is 5.75 Å². The van der Waals surface area contributed by atoms with Gasteiger partial charge in [-0.1, -0.05) is 12.1 Å². The van der Waals surface area contributed by atoms with Crippen molar-refractivity contribution in [2.75, 3.05) is 12.4 Å². The smallest absolute Gasteiger partial charge is 0.319 e. The first kappa shape index (κ1) is 15.7.